The lowest BCUT2D eigenvalue weighted by molar-refractivity contribution is -0.132. The normalized spacial score (nSPS) is 18.0. The van der Waals surface area contributed by atoms with Crippen molar-refractivity contribution in [3.8, 4) is 0 Å². The Bertz CT molecular complexity index is 366. The SMILES string of the molecule is CCNC(=NCCCOCC)NCCC(=O)N1CCCC(C)C1.I. The molecular formula is C17H35IN4O2. The van der Waals surface area contributed by atoms with Crippen LogP contribution in [0.3, 0.4) is 0 Å². The van der Waals surface area contributed by atoms with E-state index in [1.165, 1.54) is 6.42 Å². The van der Waals surface area contributed by atoms with Gasteiger partial charge < -0.3 is 20.3 Å². The highest BCUT2D eigenvalue weighted by Crippen LogP contribution is 2.15. The second-order valence-electron chi connectivity index (χ2n) is 6.08. The number of piperidine rings is 1. The Balaban J connectivity index is 0.00000529. The number of hydrogen-bond donors (Lipinski definition) is 2. The van der Waals surface area contributed by atoms with Crippen molar-refractivity contribution in [1.29, 1.82) is 0 Å². The Morgan fingerprint density at radius 3 is 2.79 bits per heavy atom. The van der Waals surface area contributed by atoms with Crippen molar-refractivity contribution in [2.45, 2.75) is 46.5 Å². The summed E-state index contributed by atoms with van der Waals surface area (Å²) in [6.07, 6.45) is 3.80. The Morgan fingerprint density at radius 1 is 1.33 bits per heavy atom. The summed E-state index contributed by atoms with van der Waals surface area (Å²) in [7, 11) is 0. The second kappa shape index (κ2) is 14.7. The summed E-state index contributed by atoms with van der Waals surface area (Å²) in [6, 6.07) is 0. The molecule has 1 aliphatic rings. The van der Waals surface area contributed by atoms with Crippen molar-refractivity contribution in [2.24, 2.45) is 10.9 Å². The van der Waals surface area contributed by atoms with Gasteiger partial charge in [-0.05, 0) is 39.0 Å². The van der Waals surface area contributed by atoms with E-state index in [1.807, 2.05) is 18.7 Å². The summed E-state index contributed by atoms with van der Waals surface area (Å²) in [5.74, 6) is 1.66. The highest BCUT2D eigenvalue weighted by Gasteiger charge is 2.20. The van der Waals surface area contributed by atoms with E-state index in [9.17, 15) is 4.79 Å². The van der Waals surface area contributed by atoms with Gasteiger partial charge in [0.05, 0.1) is 0 Å². The van der Waals surface area contributed by atoms with Gasteiger partial charge in [-0.25, -0.2) is 0 Å². The van der Waals surface area contributed by atoms with Crippen LogP contribution >= 0.6 is 24.0 Å². The third kappa shape index (κ3) is 10.3. The van der Waals surface area contributed by atoms with Gasteiger partial charge in [-0.2, -0.15) is 0 Å². The first-order chi connectivity index (χ1) is 11.2. The summed E-state index contributed by atoms with van der Waals surface area (Å²) >= 11 is 0. The Labute approximate surface area is 164 Å². The van der Waals surface area contributed by atoms with Crippen LogP contribution in [0, 0.1) is 5.92 Å². The number of amides is 1. The number of nitrogens with zero attached hydrogens (tertiary/aromatic N) is 2. The first kappa shape index (κ1) is 23.4. The van der Waals surface area contributed by atoms with E-state index in [0.29, 0.717) is 18.9 Å². The third-order valence-electron chi connectivity index (χ3n) is 3.91. The molecule has 0 bridgehead atoms. The molecule has 1 aliphatic heterocycles. The standard InChI is InChI=1S/C17H34N4O2.HI/c1-4-18-17(19-10-7-13-23-5-2)20-11-9-16(22)21-12-6-8-15(3)14-21;/h15H,4-14H2,1-3H3,(H2,18,19,20);1H. The number of likely N-dealkylation sites (tertiary alicyclic amines) is 1. The van der Waals surface area contributed by atoms with Crippen molar-refractivity contribution < 1.29 is 9.53 Å². The van der Waals surface area contributed by atoms with Gasteiger partial charge in [-0.1, -0.05) is 6.92 Å². The molecule has 0 saturated carbocycles. The average Bonchev–Trinajstić information content (AvgIpc) is 2.54. The minimum absolute atomic E-state index is 0. The first-order valence-electron chi connectivity index (χ1n) is 9.05. The lowest BCUT2D eigenvalue weighted by atomic mass is 10.00. The lowest BCUT2D eigenvalue weighted by Gasteiger charge is -2.31. The van der Waals surface area contributed by atoms with Crippen molar-refractivity contribution in [1.82, 2.24) is 15.5 Å². The van der Waals surface area contributed by atoms with Crippen LogP contribution in [-0.4, -0.2) is 62.7 Å². The number of halogens is 1. The van der Waals surface area contributed by atoms with Gasteiger partial charge in [0.15, 0.2) is 5.96 Å². The fourth-order valence-corrected chi connectivity index (χ4v) is 2.71. The molecule has 0 aromatic heterocycles. The largest absolute Gasteiger partial charge is 0.382 e. The minimum atomic E-state index is 0. The zero-order valence-corrected chi connectivity index (χ0v) is 17.8. The minimum Gasteiger partial charge on any atom is -0.382 e. The van der Waals surface area contributed by atoms with Crippen LogP contribution < -0.4 is 10.6 Å². The summed E-state index contributed by atoms with van der Waals surface area (Å²) in [5.41, 5.74) is 0. The molecule has 0 aromatic carbocycles. The van der Waals surface area contributed by atoms with E-state index < -0.39 is 0 Å². The molecule has 0 spiro atoms. The monoisotopic (exact) mass is 454 g/mol. The van der Waals surface area contributed by atoms with Crippen molar-refractivity contribution in [3.63, 3.8) is 0 Å². The second-order valence-corrected chi connectivity index (χ2v) is 6.08. The zero-order chi connectivity index (χ0) is 16.9. The summed E-state index contributed by atoms with van der Waals surface area (Å²) in [5, 5.41) is 6.45. The molecule has 1 fully saturated rings. The van der Waals surface area contributed by atoms with Gasteiger partial charge in [0.2, 0.25) is 5.91 Å². The van der Waals surface area contributed by atoms with E-state index >= 15 is 0 Å². The Hall–Kier alpha value is -0.570. The molecule has 0 radical (unpaired) electrons. The summed E-state index contributed by atoms with van der Waals surface area (Å²) in [4.78, 5) is 18.7. The predicted molar refractivity (Wildman–Crippen MR) is 110 cm³/mol. The van der Waals surface area contributed by atoms with Crippen LogP contribution in [0.5, 0.6) is 0 Å². The number of aliphatic imine (C=N–C) groups is 1. The number of rotatable bonds is 9. The number of guanidine groups is 1. The van der Waals surface area contributed by atoms with E-state index in [4.69, 9.17) is 4.74 Å². The van der Waals surface area contributed by atoms with Crippen molar-refractivity contribution >= 4 is 35.8 Å². The van der Waals surface area contributed by atoms with Crippen molar-refractivity contribution in [3.05, 3.63) is 0 Å². The zero-order valence-electron chi connectivity index (χ0n) is 15.5. The molecule has 24 heavy (non-hydrogen) atoms. The third-order valence-corrected chi connectivity index (χ3v) is 3.91. The number of carbonyl (C=O) groups is 1. The molecule has 6 nitrogen and oxygen atoms in total. The van der Waals surface area contributed by atoms with E-state index in [1.54, 1.807) is 0 Å². The molecule has 1 heterocycles. The van der Waals surface area contributed by atoms with Gasteiger partial charge in [0.1, 0.15) is 0 Å². The van der Waals surface area contributed by atoms with Crippen LogP contribution in [0.25, 0.3) is 0 Å². The Kier molecular flexibility index (Phi) is 14.4. The highest BCUT2D eigenvalue weighted by molar-refractivity contribution is 14.0. The molecule has 0 aliphatic carbocycles. The highest BCUT2D eigenvalue weighted by atomic mass is 127. The number of ether oxygens (including phenoxy) is 1. The maximum Gasteiger partial charge on any atom is 0.224 e. The van der Waals surface area contributed by atoms with E-state index in [0.717, 1.165) is 58.2 Å². The molecule has 1 saturated heterocycles. The van der Waals surface area contributed by atoms with Gasteiger partial charge >= 0.3 is 0 Å². The predicted octanol–water partition coefficient (Wildman–Crippen LogP) is 2.23. The number of carbonyl (C=O) groups excluding carboxylic acids is 1. The molecule has 0 aromatic rings. The van der Waals surface area contributed by atoms with E-state index in [2.05, 4.69) is 22.5 Å². The quantitative estimate of drug-likeness (QED) is 0.243. The van der Waals surface area contributed by atoms with Crippen LogP contribution in [0.1, 0.15) is 46.5 Å². The van der Waals surface area contributed by atoms with Gasteiger partial charge in [-0.3, -0.25) is 9.79 Å². The molecule has 2 N–H and O–H groups in total. The molecule has 1 atom stereocenters. The van der Waals surface area contributed by atoms with Crippen LogP contribution in [0.15, 0.2) is 4.99 Å². The van der Waals surface area contributed by atoms with E-state index in [-0.39, 0.29) is 29.9 Å². The Morgan fingerprint density at radius 2 is 2.12 bits per heavy atom. The van der Waals surface area contributed by atoms with Gasteiger partial charge in [0.25, 0.3) is 0 Å². The maximum atomic E-state index is 12.2. The average molecular weight is 454 g/mol. The fraction of sp³-hybridized carbons (Fsp3) is 0.882. The van der Waals surface area contributed by atoms with Crippen LogP contribution in [0.4, 0.5) is 0 Å². The van der Waals surface area contributed by atoms with Gasteiger partial charge in [-0.15, -0.1) is 24.0 Å². The molecule has 1 unspecified atom stereocenters. The topological polar surface area (TPSA) is 66.0 Å². The molecule has 142 valence electrons. The number of hydrogen-bond acceptors (Lipinski definition) is 3. The smallest absolute Gasteiger partial charge is 0.224 e. The van der Waals surface area contributed by atoms with Gasteiger partial charge in [0, 0.05) is 52.4 Å². The summed E-state index contributed by atoms with van der Waals surface area (Å²) in [6.45, 7) is 11.7. The number of nitrogens with one attached hydrogen (secondary N) is 2. The first-order valence-corrected chi connectivity index (χ1v) is 9.05. The molecule has 7 heteroatoms. The van der Waals surface area contributed by atoms with Crippen LogP contribution in [-0.2, 0) is 9.53 Å². The summed E-state index contributed by atoms with van der Waals surface area (Å²) < 4.78 is 5.30. The van der Waals surface area contributed by atoms with Crippen LogP contribution in [0.2, 0.25) is 0 Å². The molecule has 1 rings (SSSR count). The fourth-order valence-electron chi connectivity index (χ4n) is 2.71. The molecule has 1 amide bonds. The molecular weight excluding hydrogens is 419 g/mol. The lowest BCUT2D eigenvalue weighted by Crippen LogP contribution is -2.42. The van der Waals surface area contributed by atoms with Crippen molar-refractivity contribution in [2.75, 3.05) is 45.9 Å². The maximum absolute atomic E-state index is 12.2.